The fraction of sp³-hybridized carbons (Fsp3) is 0.857. The van der Waals surface area contributed by atoms with Gasteiger partial charge < -0.3 is 0 Å². The number of hydrogen-bond donors (Lipinski definition) is 0. The van der Waals surface area contributed by atoms with Crippen LogP contribution in [0, 0.1) is 12.6 Å². The Hall–Kier alpha value is -0.0800. The van der Waals surface area contributed by atoms with Crippen molar-refractivity contribution in [3.8, 4) is 0 Å². The molecule has 1 heterocycles. The summed E-state index contributed by atoms with van der Waals surface area (Å²) in [7, 11) is 0. The van der Waals surface area contributed by atoms with Crippen molar-refractivity contribution in [2.45, 2.75) is 26.7 Å². The zero-order valence-electron chi connectivity index (χ0n) is 6.13. The van der Waals surface area contributed by atoms with Gasteiger partial charge in [-0.3, -0.25) is 4.84 Å². The summed E-state index contributed by atoms with van der Waals surface area (Å²) in [5.41, 5.74) is 0. The van der Waals surface area contributed by atoms with Gasteiger partial charge in [0.2, 0.25) is 0 Å². The Morgan fingerprint density at radius 3 is 2.67 bits per heavy atom. The molecular weight excluding hydrogens is 114 g/mol. The third-order valence-electron chi connectivity index (χ3n) is 1.41. The van der Waals surface area contributed by atoms with E-state index in [0.717, 1.165) is 12.5 Å². The molecule has 2 nitrogen and oxygen atoms in total. The van der Waals surface area contributed by atoms with Crippen LogP contribution < -0.4 is 0 Å². The van der Waals surface area contributed by atoms with Crippen molar-refractivity contribution in [1.82, 2.24) is 5.06 Å². The zero-order valence-corrected chi connectivity index (χ0v) is 6.13. The fourth-order valence-corrected chi connectivity index (χ4v) is 0.794. The van der Waals surface area contributed by atoms with E-state index < -0.39 is 0 Å². The summed E-state index contributed by atoms with van der Waals surface area (Å²) in [4.78, 5) is 4.80. The molecule has 1 saturated heterocycles. The molecule has 1 aliphatic heterocycles. The van der Waals surface area contributed by atoms with E-state index in [9.17, 15) is 0 Å². The third kappa shape index (κ3) is 3.49. The molecule has 53 valence electrons. The molecule has 1 atom stereocenters. The predicted molar refractivity (Wildman–Crippen MR) is 36.2 cm³/mol. The van der Waals surface area contributed by atoms with Gasteiger partial charge in [-0.05, 0) is 18.8 Å². The van der Waals surface area contributed by atoms with E-state index in [1.807, 2.05) is 5.06 Å². The first-order chi connectivity index (χ1) is 4.29. The molecule has 0 N–H and O–H groups in total. The number of rotatable bonds is 4. The lowest BCUT2D eigenvalue weighted by Gasteiger charge is -2.01. The van der Waals surface area contributed by atoms with Crippen LogP contribution in [0.4, 0.5) is 0 Å². The van der Waals surface area contributed by atoms with Crippen molar-refractivity contribution >= 4 is 0 Å². The van der Waals surface area contributed by atoms with Gasteiger partial charge in [-0.1, -0.05) is 13.8 Å². The summed E-state index contributed by atoms with van der Waals surface area (Å²) < 4.78 is 0. The average molecular weight is 128 g/mol. The summed E-state index contributed by atoms with van der Waals surface area (Å²) >= 11 is 0. The second kappa shape index (κ2) is 3.18. The van der Waals surface area contributed by atoms with Gasteiger partial charge in [-0.15, -0.1) is 0 Å². The van der Waals surface area contributed by atoms with Gasteiger partial charge >= 0.3 is 0 Å². The highest BCUT2D eigenvalue weighted by atomic mass is 16.8. The summed E-state index contributed by atoms with van der Waals surface area (Å²) in [5, 5.41) is 1.86. The van der Waals surface area contributed by atoms with E-state index in [-0.39, 0.29) is 0 Å². The van der Waals surface area contributed by atoms with E-state index >= 15 is 0 Å². The molecule has 0 bridgehead atoms. The summed E-state index contributed by atoms with van der Waals surface area (Å²) in [6.07, 6.45) is 2.54. The maximum atomic E-state index is 4.80. The van der Waals surface area contributed by atoms with Gasteiger partial charge in [0.05, 0.1) is 0 Å². The van der Waals surface area contributed by atoms with E-state index in [4.69, 9.17) is 4.84 Å². The van der Waals surface area contributed by atoms with Gasteiger partial charge in [-0.25, -0.2) is 0 Å². The smallest absolute Gasteiger partial charge is 0.197 e. The first kappa shape index (κ1) is 7.03. The molecule has 0 aliphatic carbocycles. The van der Waals surface area contributed by atoms with Crippen molar-refractivity contribution in [2.75, 3.05) is 6.54 Å². The Kier molecular flexibility index (Phi) is 2.49. The maximum absolute atomic E-state index is 4.80. The van der Waals surface area contributed by atoms with E-state index in [2.05, 4.69) is 13.8 Å². The molecule has 0 saturated carbocycles. The molecule has 1 aliphatic rings. The van der Waals surface area contributed by atoms with Crippen molar-refractivity contribution in [1.29, 1.82) is 0 Å². The molecule has 0 amide bonds. The first-order valence-electron chi connectivity index (χ1n) is 3.56. The van der Waals surface area contributed by atoms with Crippen LogP contribution in [0.5, 0.6) is 0 Å². The molecular formula is C7H14NO. The van der Waals surface area contributed by atoms with Crippen molar-refractivity contribution in [3.05, 3.63) is 6.73 Å². The molecule has 0 aromatic rings. The number of hydrogen-bond acceptors (Lipinski definition) is 2. The Bertz CT molecular complexity index is 77.0. The zero-order chi connectivity index (χ0) is 6.69. The van der Waals surface area contributed by atoms with Crippen LogP contribution in [-0.4, -0.2) is 11.6 Å². The van der Waals surface area contributed by atoms with Crippen LogP contribution in [0.1, 0.15) is 26.7 Å². The minimum absolute atomic E-state index is 0.824. The molecule has 9 heavy (non-hydrogen) atoms. The van der Waals surface area contributed by atoms with Crippen LogP contribution in [0.3, 0.4) is 0 Å². The van der Waals surface area contributed by atoms with Crippen LogP contribution in [0.25, 0.3) is 0 Å². The van der Waals surface area contributed by atoms with Crippen molar-refractivity contribution < 1.29 is 4.84 Å². The van der Waals surface area contributed by atoms with Gasteiger partial charge in [0.15, 0.2) is 6.73 Å². The normalized spacial score (nSPS) is 25.0. The maximum Gasteiger partial charge on any atom is 0.197 e. The first-order valence-corrected chi connectivity index (χ1v) is 3.56. The quantitative estimate of drug-likeness (QED) is 0.536. The minimum Gasteiger partial charge on any atom is -0.271 e. The fourth-order valence-electron chi connectivity index (χ4n) is 0.794. The van der Waals surface area contributed by atoms with Crippen molar-refractivity contribution in [2.24, 2.45) is 5.92 Å². The standard InChI is InChI=1S/C7H14NO/c1-7(2)4-3-5-8-6-9-8/h6-7H,3-5H2,1-2H3. The summed E-state index contributed by atoms with van der Waals surface area (Å²) in [6.45, 7) is 7.30. The lowest BCUT2D eigenvalue weighted by atomic mass is 10.1. The van der Waals surface area contributed by atoms with E-state index in [1.165, 1.54) is 12.8 Å². The second-order valence-corrected chi connectivity index (χ2v) is 2.89. The molecule has 1 radical (unpaired) electrons. The van der Waals surface area contributed by atoms with Crippen LogP contribution in [0.15, 0.2) is 0 Å². The molecule has 1 rings (SSSR count). The third-order valence-corrected chi connectivity index (χ3v) is 1.41. The number of hydroxylamine groups is 2. The van der Waals surface area contributed by atoms with Crippen LogP contribution >= 0.6 is 0 Å². The summed E-state index contributed by atoms with van der Waals surface area (Å²) in [5.74, 6) is 0.824. The number of nitrogens with zero attached hydrogens (tertiary/aromatic N) is 1. The predicted octanol–water partition coefficient (Wildman–Crippen LogP) is 1.79. The largest absolute Gasteiger partial charge is 0.271 e. The highest BCUT2D eigenvalue weighted by molar-refractivity contribution is 4.60. The molecule has 0 aromatic heterocycles. The monoisotopic (exact) mass is 128 g/mol. The van der Waals surface area contributed by atoms with Gasteiger partial charge in [-0.2, -0.15) is 5.06 Å². The average Bonchev–Trinajstić information content (AvgIpc) is 2.48. The lowest BCUT2D eigenvalue weighted by Crippen LogP contribution is -1.99. The lowest BCUT2D eigenvalue weighted by molar-refractivity contribution is 0.196. The van der Waals surface area contributed by atoms with Crippen LogP contribution in [0.2, 0.25) is 0 Å². The minimum atomic E-state index is 0.824. The van der Waals surface area contributed by atoms with Gasteiger partial charge in [0.25, 0.3) is 0 Å². The molecule has 1 fully saturated rings. The SMILES string of the molecule is CC(C)CCCN1[CH]O1. The second-order valence-electron chi connectivity index (χ2n) is 2.89. The van der Waals surface area contributed by atoms with E-state index in [0.29, 0.717) is 0 Å². The summed E-state index contributed by atoms with van der Waals surface area (Å²) in [6, 6.07) is 0. The Labute approximate surface area is 56.8 Å². The van der Waals surface area contributed by atoms with Gasteiger partial charge in [0.1, 0.15) is 0 Å². The van der Waals surface area contributed by atoms with Gasteiger partial charge in [0, 0.05) is 6.54 Å². The topological polar surface area (TPSA) is 15.5 Å². The molecule has 0 aromatic carbocycles. The Morgan fingerprint density at radius 1 is 1.56 bits per heavy atom. The molecule has 2 heteroatoms. The van der Waals surface area contributed by atoms with Crippen molar-refractivity contribution in [3.63, 3.8) is 0 Å². The van der Waals surface area contributed by atoms with Crippen LogP contribution in [-0.2, 0) is 4.84 Å². The molecule has 0 spiro atoms. The Morgan fingerprint density at radius 2 is 2.22 bits per heavy atom. The highest BCUT2D eigenvalue weighted by Crippen LogP contribution is 2.15. The Balaban J connectivity index is 1.81. The van der Waals surface area contributed by atoms with E-state index in [1.54, 1.807) is 6.73 Å². The molecule has 1 unspecified atom stereocenters. The highest BCUT2D eigenvalue weighted by Gasteiger charge is 2.18.